The van der Waals surface area contributed by atoms with Gasteiger partial charge in [-0.2, -0.15) is 0 Å². The maximum absolute atomic E-state index is 11.8. The molecule has 16 heavy (non-hydrogen) atoms. The number of carbonyl (C=O) groups is 1. The van der Waals surface area contributed by atoms with Crippen LogP contribution in [-0.4, -0.2) is 18.8 Å². The predicted molar refractivity (Wildman–Crippen MR) is 68.6 cm³/mol. The molecule has 0 radical (unpaired) electrons. The molecule has 0 aliphatic heterocycles. The third-order valence-corrected chi connectivity index (χ3v) is 5.59. The maximum atomic E-state index is 11.8. The van der Waals surface area contributed by atoms with E-state index in [1.807, 2.05) is 36.4 Å². The molecule has 0 spiro atoms. The Kier molecular flexibility index (Phi) is 3.56. The quantitative estimate of drug-likeness (QED) is 0.721. The third kappa shape index (κ3) is 2.41. The van der Waals surface area contributed by atoms with Gasteiger partial charge in [0.1, 0.15) is 0 Å². The summed E-state index contributed by atoms with van der Waals surface area (Å²) in [6, 6.07) is 20.2. The molecule has 0 amide bonds. The highest BCUT2D eigenvalue weighted by Gasteiger charge is 2.27. The van der Waals surface area contributed by atoms with Crippen molar-refractivity contribution in [3.05, 3.63) is 60.7 Å². The fraction of sp³-hybridized carbons (Fsp3) is 0.0714. The summed E-state index contributed by atoms with van der Waals surface area (Å²) in [7, 11) is 0. The van der Waals surface area contributed by atoms with Gasteiger partial charge in [0.15, 0.2) is 0 Å². The highest BCUT2D eigenvalue weighted by Crippen LogP contribution is 1.93. The molecule has 0 atom stereocenters. The van der Waals surface area contributed by atoms with Crippen molar-refractivity contribution in [2.75, 3.05) is 0 Å². The third-order valence-electron chi connectivity index (χ3n) is 2.67. The average Bonchev–Trinajstić information content (AvgIpc) is 2.31. The van der Waals surface area contributed by atoms with Gasteiger partial charge in [-0.15, -0.1) is 0 Å². The largest absolute Gasteiger partial charge is 0.440 e. The fourth-order valence-electron chi connectivity index (χ4n) is 1.95. The van der Waals surface area contributed by atoms with E-state index in [9.17, 15) is 4.79 Å². The molecule has 0 aliphatic rings. The Morgan fingerprint density at radius 3 is 1.50 bits per heavy atom. The van der Waals surface area contributed by atoms with E-state index in [2.05, 4.69) is 24.3 Å². The normalized spacial score (nSPS) is 9.81. The van der Waals surface area contributed by atoms with E-state index in [1.54, 1.807) is 6.92 Å². The van der Waals surface area contributed by atoms with E-state index < -0.39 is 14.1 Å². The van der Waals surface area contributed by atoms with Gasteiger partial charge in [-0.3, -0.25) is 0 Å². The van der Waals surface area contributed by atoms with Crippen molar-refractivity contribution in [3.8, 4) is 0 Å². The first-order chi connectivity index (χ1) is 7.79. The van der Waals surface area contributed by atoms with E-state index in [0.29, 0.717) is 4.65 Å². The summed E-state index contributed by atoms with van der Waals surface area (Å²) in [5.41, 5.74) is 0. The van der Waals surface area contributed by atoms with Crippen molar-refractivity contribution < 1.29 is 4.79 Å². The van der Waals surface area contributed by atoms with Gasteiger partial charge in [-0.1, -0.05) is 69.5 Å². The molecule has 0 heterocycles. The molecule has 0 fully saturated rings. The highest BCUT2D eigenvalue weighted by molar-refractivity contribution is 7.07. The van der Waals surface area contributed by atoms with Gasteiger partial charge in [-0.25, -0.2) is 0 Å². The molecule has 0 N–H and O–H groups in total. The van der Waals surface area contributed by atoms with E-state index >= 15 is 0 Å². The second-order valence-corrected chi connectivity index (χ2v) is 6.88. The Labute approximate surface area is 100 Å². The molecule has 0 bridgehead atoms. The van der Waals surface area contributed by atoms with Crippen molar-refractivity contribution in [1.29, 1.82) is 0 Å². The topological polar surface area (TPSA) is 17.1 Å². The van der Waals surface area contributed by atoms with Crippen LogP contribution in [0, 0.1) is 0 Å². The molecule has 2 rings (SSSR count). The molecule has 78 valence electrons. The van der Waals surface area contributed by atoms with E-state index in [0.717, 1.165) is 0 Å². The smallest absolute Gasteiger partial charge is 0.320 e. The lowest BCUT2D eigenvalue weighted by Gasteiger charge is -2.08. The molecule has 0 aliphatic carbocycles. The Bertz CT molecular complexity index is 425. The zero-order valence-electron chi connectivity index (χ0n) is 9.26. The molecule has 0 unspecified atom stereocenters. The van der Waals surface area contributed by atoms with Crippen LogP contribution in [0.5, 0.6) is 0 Å². The van der Waals surface area contributed by atoms with E-state index in [-0.39, 0.29) is 0 Å². The van der Waals surface area contributed by atoms with Crippen LogP contribution in [0.3, 0.4) is 0 Å². The average molecular weight is 224 g/mol. The molecule has 0 aromatic heterocycles. The number of rotatable bonds is 3. The van der Waals surface area contributed by atoms with Crippen LogP contribution < -0.4 is 8.85 Å². The van der Waals surface area contributed by atoms with E-state index in [4.69, 9.17) is 0 Å². The summed E-state index contributed by atoms with van der Waals surface area (Å²) in [5, 5.41) is 0. The Morgan fingerprint density at radius 1 is 0.812 bits per heavy atom. The van der Waals surface area contributed by atoms with Crippen LogP contribution in [0.4, 0.5) is 0 Å². The van der Waals surface area contributed by atoms with Crippen LogP contribution in [-0.2, 0) is 4.79 Å². The second-order valence-electron chi connectivity index (χ2n) is 3.87. The fourth-order valence-corrected chi connectivity index (χ4v) is 4.49. The zero-order chi connectivity index (χ0) is 11.4. The molecule has 2 aromatic carbocycles. The summed E-state index contributed by atoms with van der Waals surface area (Å²) < 4.78 is 2.71. The van der Waals surface area contributed by atoms with Crippen LogP contribution in [0.1, 0.15) is 6.92 Å². The monoisotopic (exact) mass is 224 g/mol. The van der Waals surface area contributed by atoms with Crippen molar-refractivity contribution in [3.63, 3.8) is 0 Å². The van der Waals surface area contributed by atoms with E-state index in [1.165, 1.54) is 8.85 Å². The molecule has 2 heteroatoms. The van der Waals surface area contributed by atoms with Crippen LogP contribution in [0.2, 0.25) is 0 Å². The van der Waals surface area contributed by atoms with Crippen molar-refractivity contribution >= 4 is 27.6 Å². The molecular weight excluding hydrogens is 211 g/mol. The number of hydrogen-bond acceptors (Lipinski definition) is 1. The van der Waals surface area contributed by atoms with Crippen molar-refractivity contribution in [1.82, 2.24) is 0 Å². The first kappa shape index (κ1) is 11.1. The molecule has 1 nitrogen and oxygen atoms in total. The van der Waals surface area contributed by atoms with Gasteiger partial charge >= 0.3 is 14.1 Å². The SMILES string of the molecule is C[C](=O)[Al]([c]1ccccc1)[c]1ccccc1. The van der Waals surface area contributed by atoms with Gasteiger partial charge in [0.25, 0.3) is 0 Å². The molecule has 0 saturated carbocycles. The summed E-state index contributed by atoms with van der Waals surface area (Å²) in [6.07, 6.45) is 0. The van der Waals surface area contributed by atoms with Crippen molar-refractivity contribution in [2.45, 2.75) is 6.92 Å². The first-order valence-corrected chi connectivity index (χ1v) is 7.12. The molecular formula is C14H13AlO. The number of carbonyl (C=O) groups excluding carboxylic acids is 1. The lowest BCUT2D eigenvalue weighted by Crippen LogP contribution is -2.48. The Balaban J connectivity index is 2.44. The lowest BCUT2D eigenvalue weighted by molar-refractivity contribution is -0.110. The lowest BCUT2D eigenvalue weighted by atomic mass is 10.4. The maximum Gasteiger partial charge on any atom is 0.440 e. The Hall–Kier alpha value is -1.36. The summed E-state index contributed by atoms with van der Waals surface area (Å²) in [6.45, 7) is 1.71. The summed E-state index contributed by atoms with van der Waals surface area (Å²) in [4.78, 5) is 11.8. The van der Waals surface area contributed by atoms with Gasteiger partial charge < -0.3 is 4.79 Å². The minimum atomic E-state index is -1.66. The minimum Gasteiger partial charge on any atom is -0.320 e. The van der Waals surface area contributed by atoms with Crippen molar-refractivity contribution in [2.24, 2.45) is 0 Å². The highest BCUT2D eigenvalue weighted by atomic mass is 27.2. The van der Waals surface area contributed by atoms with Gasteiger partial charge in [0.05, 0.1) is 4.65 Å². The van der Waals surface area contributed by atoms with Gasteiger partial charge in [0.2, 0.25) is 0 Å². The first-order valence-electron chi connectivity index (χ1n) is 5.39. The standard InChI is InChI=1S/2C6H5.C2H3O.Al/c2*1-2-4-6-5-3-1;1-2-3;/h2*1-5H;1H3;. The predicted octanol–water partition coefficient (Wildman–Crippen LogP) is 1.42. The second kappa shape index (κ2) is 5.12. The zero-order valence-corrected chi connectivity index (χ0v) is 10.4. The minimum absolute atomic E-state index is 0.317. The van der Waals surface area contributed by atoms with Gasteiger partial charge in [0, 0.05) is 0 Å². The summed E-state index contributed by atoms with van der Waals surface area (Å²) in [5.74, 6) is 0. The van der Waals surface area contributed by atoms with Gasteiger partial charge in [-0.05, 0) is 6.92 Å². The van der Waals surface area contributed by atoms with Crippen LogP contribution >= 0.6 is 0 Å². The Morgan fingerprint density at radius 2 is 1.19 bits per heavy atom. The molecule has 2 aromatic rings. The number of benzene rings is 2. The molecule has 0 saturated heterocycles. The summed E-state index contributed by atoms with van der Waals surface area (Å²) >= 11 is -1.66. The number of hydrogen-bond donors (Lipinski definition) is 0. The van der Waals surface area contributed by atoms with Crippen LogP contribution in [0.25, 0.3) is 0 Å². The van der Waals surface area contributed by atoms with Crippen LogP contribution in [0.15, 0.2) is 60.7 Å².